The number of ether oxygens (including phenoxy) is 1. The number of benzene rings is 2. The summed E-state index contributed by atoms with van der Waals surface area (Å²) in [7, 11) is -3.87. The summed E-state index contributed by atoms with van der Waals surface area (Å²) in [5.74, 6) is -4.14. The fourth-order valence-electron chi connectivity index (χ4n) is 7.02. The quantitative estimate of drug-likeness (QED) is 0.282. The van der Waals surface area contributed by atoms with Gasteiger partial charge in [-0.3, -0.25) is 23.9 Å². The lowest BCUT2D eigenvalue weighted by Gasteiger charge is -2.24. The standard InChI is InChI=1S/C36H39N5O8S/c1-3-21-19-36(21,35(45)41-50(46,47)24-11-12-24)39-34(44)30-18-23-17-29(30)33(43)38-20(2)32(42)37-14-6-7-15-48-22-10-13-26-25-8-4-5-9-27(25)31(40-49-23)28(26)16-22/h3-10,13,16,20-21,23-24,29-30H,1,11-12,14-15,17-19H2,2H3,(H,37,42)(H,38,43)(H,39,44)(H,41,45)/b7-6-,40-31-/t20-,21-,23+,29-,30-,36-/m1/s1. The van der Waals surface area contributed by atoms with Crippen molar-refractivity contribution >= 4 is 39.4 Å². The van der Waals surface area contributed by atoms with Gasteiger partial charge in [0.25, 0.3) is 5.91 Å². The summed E-state index contributed by atoms with van der Waals surface area (Å²) < 4.78 is 33.3. The topological polar surface area (TPSA) is 181 Å². The van der Waals surface area contributed by atoms with Crippen molar-refractivity contribution in [3.05, 3.63) is 78.4 Å². The van der Waals surface area contributed by atoms with Crippen LogP contribution in [0.1, 0.15) is 50.2 Å². The van der Waals surface area contributed by atoms with Crippen LogP contribution in [0.4, 0.5) is 0 Å². The van der Waals surface area contributed by atoms with Gasteiger partial charge in [0.2, 0.25) is 27.7 Å². The number of nitrogens with zero attached hydrogens (tertiary/aromatic N) is 1. The number of hydrogen-bond acceptors (Lipinski definition) is 9. The lowest BCUT2D eigenvalue weighted by Crippen LogP contribution is -2.55. The number of hydrogen-bond donors (Lipinski definition) is 4. The van der Waals surface area contributed by atoms with Gasteiger partial charge in [0.1, 0.15) is 35.8 Å². The highest BCUT2D eigenvalue weighted by Gasteiger charge is 2.62. The lowest BCUT2D eigenvalue weighted by atomic mass is 9.93. The first-order valence-electron chi connectivity index (χ1n) is 16.9. The van der Waals surface area contributed by atoms with Gasteiger partial charge in [-0.05, 0) is 74.4 Å². The van der Waals surface area contributed by atoms with Crippen molar-refractivity contribution in [1.29, 1.82) is 0 Å². The highest BCUT2D eigenvalue weighted by molar-refractivity contribution is 7.91. The third kappa shape index (κ3) is 6.39. The third-order valence-electron chi connectivity index (χ3n) is 10.1. The van der Waals surface area contributed by atoms with Crippen molar-refractivity contribution in [2.75, 3.05) is 13.2 Å². The Hall–Kier alpha value is -4.98. The molecule has 5 aliphatic rings. The summed E-state index contributed by atoms with van der Waals surface area (Å²) in [4.78, 5) is 60.0. The van der Waals surface area contributed by atoms with E-state index in [0.717, 1.165) is 22.3 Å². The second kappa shape index (κ2) is 13.0. The van der Waals surface area contributed by atoms with Crippen molar-refractivity contribution in [3.63, 3.8) is 0 Å². The number of nitrogens with one attached hydrogen (secondary N) is 4. The first kappa shape index (κ1) is 33.5. The van der Waals surface area contributed by atoms with Crippen molar-refractivity contribution in [2.45, 2.75) is 62.0 Å². The molecule has 3 saturated carbocycles. The van der Waals surface area contributed by atoms with E-state index < -0.39 is 74.3 Å². The summed E-state index contributed by atoms with van der Waals surface area (Å²) in [5, 5.41) is 12.2. The molecule has 2 aromatic rings. The Bertz CT molecular complexity index is 1940. The maximum Gasteiger partial charge on any atom is 0.259 e. The van der Waals surface area contributed by atoms with Gasteiger partial charge in [0.05, 0.1) is 17.1 Å². The minimum Gasteiger partial charge on any atom is -0.490 e. The van der Waals surface area contributed by atoms with Gasteiger partial charge in [-0.2, -0.15) is 0 Å². The highest BCUT2D eigenvalue weighted by Crippen LogP contribution is 2.46. The van der Waals surface area contributed by atoms with Crippen LogP contribution < -0.4 is 25.4 Å². The molecule has 0 unspecified atom stereocenters. The van der Waals surface area contributed by atoms with Crippen LogP contribution in [0, 0.1) is 17.8 Å². The van der Waals surface area contributed by atoms with Gasteiger partial charge in [-0.15, -0.1) is 6.58 Å². The number of fused-ring (bicyclic) bond motifs is 6. The van der Waals surface area contributed by atoms with E-state index in [1.165, 1.54) is 6.08 Å². The fraction of sp³-hybridized carbons (Fsp3) is 0.417. The van der Waals surface area contributed by atoms with Gasteiger partial charge < -0.3 is 25.5 Å². The molecule has 50 heavy (non-hydrogen) atoms. The maximum atomic E-state index is 14.0. The summed E-state index contributed by atoms with van der Waals surface area (Å²) in [6.45, 7) is 5.79. The van der Waals surface area contributed by atoms with Crippen LogP contribution in [0.2, 0.25) is 0 Å². The molecule has 14 heteroatoms. The summed E-state index contributed by atoms with van der Waals surface area (Å²) >= 11 is 0. The molecule has 7 rings (SSSR count). The molecule has 0 spiro atoms. The molecule has 1 aliphatic heterocycles. The van der Waals surface area contributed by atoms with E-state index in [1.807, 2.05) is 42.5 Å². The Kier molecular flexibility index (Phi) is 8.75. The van der Waals surface area contributed by atoms with Gasteiger partial charge in [0, 0.05) is 23.6 Å². The van der Waals surface area contributed by atoms with Gasteiger partial charge in [0.15, 0.2) is 0 Å². The third-order valence-corrected chi connectivity index (χ3v) is 11.9. The zero-order valence-corrected chi connectivity index (χ0v) is 28.3. The first-order valence-corrected chi connectivity index (χ1v) is 18.4. The molecule has 262 valence electrons. The van der Waals surface area contributed by atoms with E-state index in [1.54, 1.807) is 19.1 Å². The molecule has 3 fully saturated rings. The molecule has 6 atom stereocenters. The molecule has 2 aromatic carbocycles. The monoisotopic (exact) mass is 701 g/mol. The van der Waals surface area contributed by atoms with E-state index in [0.29, 0.717) is 24.3 Å². The zero-order valence-electron chi connectivity index (χ0n) is 27.5. The van der Waals surface area contributed by atoms with Crippen LogP contribution in [0.3, 0.4) is 0 Å². The summed E-state index contributed by atoms with van der Waals surface area (Å²) in [6, 6.07) is 12.6. The molecular formula is C36H39N5O8S. The molecule has 13 nitrogen and oxygen atoms in total. The molecule has 4 N–H and O–H groups in total. The lowest BCUT2D eigenvalue weighted by molar-refractivity contribution is -0.137. The second-order valence-corrected chi connectivity index (χ2v) is 15.5. The predicted molar refractivity (Wildman–Crippen MR) is 183 cm³/mol. The molecule has 4 aliphatic carbocycles. The normalized spacial score (nSPS) is 30.6. The zero-order chi connectivity index (χ0) is 35.2. The van der Waals surface area contributed by atoms with E-state index in [-0.39, 0.29) is 32.4 Å². The Morgan fingerprint density at radius 3 is 2.52 bits per heavy atom. The minimum absolute atomic E-state index is 0.0839. The van der Waals surface area contributed by atoms with Crippen LogP contribution in [0.15, 0.2) is 72.4 Å². The van der Waals surface area contributed by atoms with E-state index in [2.05, 4.69) is 32.4 Å². The van der Waals surface area contributed by atoms with Gasteiger partial charge >= 0.3 is 0 Å². The summed E-state index contributed by atoms with van der Waals surface area (Å²) in [6.07, 6.45) is 5.67. The molecule has 0 aromatic heterocycles. The van der Waals surface area contributed by atoms with Crippen molar-refractivity contribution < 1.29 is 37.2 Å². The van der Waals surface area contributed by atoms with Crippen molar-refractivity contribution in [3.8, 4) is 16.9 Å². The molecule has 4 amide bonds. The Morgan fingerprint density at radius 1 is 1.02 bits per heavy atom. The largest absolute Gasteiger partial charge is 0.490 e. The Balaban J connectivity index is 1.18. The van der Waals surface area contributed by atoms with Gasteiger partial charge in [-0.25, -0.2) is 8.42 Å². The summed E-state index contributed by atoms with van der Waals surface area (Å²) in [5.41, 5.74) is 2.70. The van der Waals surface area contributed by atoms with Crippen LogP contribution in [0.25, 0.3) is 11.1 Å². The van der Waals surface area contributed by atoms with Crippen LogP contribution >= 0.6 is 0 Å². The molecule has 4 bridgehead atoms. The predicted octanol–water partition coefficient (Wildman–Crippen LogP) is 2.07. The number of amides is 4. The van der Waals surface area contributed by atoms with E-state index in [9.17, 15) is 27.6 Å². The number of rotatable bonds is 6. The Labute approximate surface area is 290 Å². The average molecular weight is 702 g/mol. The van der Waals surface area contributed by atoms with E-state index in [4.69, 9.17) is 9.57 Å². The smallest absolute Gasteiger partial charge is 0.259 e. The fourth-order valence-corrected chi connectivity index (χ4v) is 8.38. The number of carbonyl (C=O) groups excluding carboxylic acids is 4. The first-order chi connectivity index (χ1) is 24.0. The van der Waals surface area contributed by atoms with Gasteiger partial charge in [-0.1, -0.05) is 41.6 Å². The molecular weight excluding hydrogens is 662 g/mol. The van der Waals surface area contributed by atoms with Crippen molar-refractivity contribution in [1.82, 2.24) is 20.7 Å². The average Bonchev–Trinajstić information content (AvgIpc) is 4.01. The van der Waals surface area contributed by atoms with Crippen LogP contribution in [-0.2, 0) is 34.0 Å². The maximum absolute atomic E-state index is 14.0. The van der Waals surface area contributed by atoms with Crippen LogP contribution in [-0.4, -0.2) is 73.8 Å². The minimum atomic E-state index is -3.87. The molecule has 0 saturated heterocycles. The van der Waals surface area contributed by atoms with E-state index >= 15 is 0 Å². The second-order valence-electron chi connectivity index (χ2n) is 13.5. The number of sulfonamides is 1. The van der Waals surface area contributed by atoms with Crippen molar-refractivity contribution in [2.24, 2.45) is 22.9 Å². The highest BCUT2D eigenvalue weighted by atomic mass is 32.2. The number of oxime groups is 1. The SMILES string of the molecule is C=C[C@@H]1C[C@]1(NC(=O)[C@@H]1C[C@@H]2C[C@H]1C(=O)N[C@H](C)C(=O)NC/C=C\COc1ccc3c(c1)/C(=N\O2)c1ccccc1-3)C(=O)NS(=O)(=O)C1CC1. The number of carbonyl (C=O) groups is 4. The molecule has 1 heterocycles. The Morgan fingerprint density at radius 2 is 1.78 bits per heavy atom. The van der Waals surface area contributed by atoms with Crippen LogP contribution in [0.5, 0.6) is 5.75 Å². The molecule has 0 radical (unpaired) electrons.